The Labute approximate surface area is 74.5 Å². The monoisotopic (exact) mass is 177 g/mol. The molecule has 0 aliphatic heterocycles. The zero-order valence-corrected chi connectivity index (χ0v) is 6.73. The maximum Gasteiger partial charge on any atom is 0.235 e. The van der Waals surface area contributed by atoms with Crippen LogP contribution in [0.2, 0.25) is 0 Å². The number of carbonyl (C=O) groups excluding carboxylic acids is 2. The molecule has 0 fully saturated rings. The highest BCUT2D eigenvalue weighted by Crippen LogP contribution is 2.15. The molecule has 4 nitrogen and oxygen atoms in total. The van der Waals surface area contributed by atoms with Crippen molar-refractivity contribution in [2.24, 2.45) is 4.99 Å². The third kappa shape index (κ3) is 2.25. The number of hydrogen-bond acceptors (Lipinski definition) is 4. The fraction of sp³-hybridized carbons (Fsp3) is 0.111. The van der Waals surface area contributed by atoms with Gasteiger partial charge in [0.1, 0.15) is 5.75 Å². The van der Waals surface area contributed by atoms with E-state index in [-0.39, 0.29) is 12.3 Å². The van der Waals surface area contributed by atoms with E-state index in [1.165, 1.54) is 18.2 Å². The maximum absolute atomic E-state index is 10.5. The van der Waals surface area contributed by atoms with Crippen LogP contribution in [0.1, 0.15) is 15.9 Å². The van der Waals surface area contributed by atoms with Gasteiger partial charge in [0, 0.05) is 5.56 Å². The molecule has 1 aromatic rings. The summed E-state index contributed by atoms with van der Waals surface area (Å²) in [7, 11) is 0. The molecule has 1 aromatic carbocycles. The molecular formula is C9H7NO3. The Kier molecular flexibility index (Phi) is 2.95. The Bertz CT molecular complexity index is 367. The van der Waals surface area contributed by atoms with Crippen molar-refractivity contribution >= 4 is 12.4 Å². The average molecular weight is 177 g/mol. The van der Waals surface area contributed by atoms with Gasteiger partial charge in [0.2, 0.25) is 6.08 Å². The van der Waals surface area contributed by atoms with E-state index in [1.807, 2.05) is 0 Å². The number of nitrogens with zero attached hydrogens (tertiary/aromatic N) is 1. The van der Waals surface area contributed by atoms with Gasteiger partial charge in [-0.3, -0.25) is 4.79 Å². The number of carbonyl (C=O) groups is 1. The van der Waals surface area contributed by atoms with Crippen molar-refractivity contribution in [2.45, 2.75) is 6.54 Å². The van der Waals surface area contributed by atoms with Gasteiger partial charge in [-0.25, -0.2) is 9.79 Å². The standard InChI is InChI=1S/C9H7NO3/c11-5-8-3-9(13)2-1-7(8)4-10-6-12/h1-3,5,13H,4H2. The number of aliphatic imine (C=N–C) groups is 1. The number of aromatic hydroxyl groups is 1. The predicted molar refractivity (Wildman–Crippen MR) is 45.3 cm³/mol. The Morgan fingerprint density at radius 1 is 1.54 bits per heavy atom. The molecule has 1 N–H and O–H groups in total. The summed E-state index contributed by atoms with van der Waals surface area (Å²) in [6.07, 6.45) is 1.99. The van der Waals surface area contributed by atoms with E-state index < -0.39 is 0 Å². The van der Waals surface area contributed by atoms with E-state index >= 15 is 0 Å². The maximum atomic E-state index is 10.5. The molecule has 0 atom stereocenters. The first kappa shape index (κ1) is 9.16. The summed E-state index contributed by atoms with van der Waals surface area (Å²) >= 11 is 0. The zero-order chi connectivity index (χ0) is 9.68. The molecule has 0 heterocycles. The van der Waals surface area contributed by atoms with Gasteiger partial charge >= 0.3 is 0 Å². The smallest absolute Gasteiger partial charge is 0.235 e. The summed E-state index contributed by atoms with van der Waals surface area (Å²) in [5.41, 5.74) is 0.926. The molecule has 0 saturated heterocycles. The van der Waals surface area contributed by atoms with E-state index in [1.54, 1.807) is 6.07 Å². The second-order valence-corrected chi connectivity index (χ2v) is 2.41. The number of phenolic OH excluding ortho intramolecular Hbond substituents is 1. The van der Waals surface area contributed by atoms with Crippen LogP contribution in [0.4, 0.5) is 0 Å². The van der Waals surface area contributed by atoms with Crippen molar-refractivity contribution in [3.05, 3.63) is 29.3 Å². The molecule has 0 aromatic heterocycles. The fourth-order valence-corrected chi connectivity index (χ4v) is 0.953. The molecule has 66 valence electrons. The van der Waals surface area contributed by atoms with Crippen molar-refractivity contribution in [3.8, 4) is 5.75 Å². The number of isocyanates is 1. The second-order valence-electron chi connectivity index (χ2n) is 2.41. The van der Waals surface area contributed by atoms with Crippen LogP contribution in [0, 0.1) is 0 Å². The largest absolute Gasteiger partial charge is 0.508 e. The first-order valence-corrected chi connectivity index (χ1v) is 3.58. The molecule has 0 saturated carbocycles. The summed E-state index contributed by atoms with van der Waals surface area (Å²) in [6, 6.07) is 4.30. The van der Waals surface area contributed by atoms with E-state index in [4.69, 9.17) is 5.11 Å². The van der Waals surface area contributed by atoms with Gasteiger partial charge in [-0.05, 0) is 17.7 Å². The molecule has 0 radical (unpaired) electrons. The fourth-order valence-electron chi connectivity index (χ4n) is 0.953. The average Bonchev–Trinajstić information content (AvgIpc) is 2.16. The lowest BCUT2D eigenvalue weighted by molar-refractivity contribution is 0.112. The Hall–Kier alpha value is -1.93. The van der Waals surface area contributed by atoms with Crippen LogP contribution in [0.15, 0.2) is 23.2 Å². The number of rotatable bonds is 3. The molecular weight excluding hydrogens is 170 g/mol. The van der Waals surface area contributed by atoms with E-state index in [9.17, 15) is 9.59 Å². The Balaban J connectivity index is 3.05. The van der Waals surface area contributed by atoms with Gasteiger partial charge in [-0.1, -0.05) is 6.07 Å². The highest BCUT2D eigenvalue weighted by molar-refractivity contribution is 5.78. The normalized spacial score (nSPS) is 8.92. The Morgan fingerprint density at radius 3 is 2.92 bits per heavy atom. The molecule has 0 amide bonds. The predicted octanol–water partition coefficient (Wildman–Crippen LogP) is 1.04. The minimum atomic E-state index is 0.0148. The van der Waals surface area contributed by atoms with Gasteiger partial charge in [0.05, 0.1) is 6.54 Å². The van der Waals surface area contributed by atoms with Crippen LogP contribution in [-0.2, 0) is 11.3 Å². The second kappa shape index (κ2) is 4.18. The van der Waals surface area contributed by atoms with Gasteiger partial charge in [-0.15, -0.1) is 0 Å². The molecule has 0 spiro atoms. The highest BCUT2D eigenvalue weighted by Gasteiger charge is 2.01. The van der Waals surface area contributed by atoms with E-state index in [0.717, 1.165) is 0 Å². The number of phenols is 1. The number of aldehydes is 1. The van der Waals surface area contributed by atoms with Crippen LogP contribution in [0.5, 0.6) is 5.75 Å². The van der Waals surface area contributed by atoms with Crippen molar-refractivity contribution in [2.75, 3.05) is 0 Å². The molecule has 0 aliphatic carbocycles. The lowest BCUT2D eigenvalue weighted by Crippen LogP contribution is -1.90. The summed E-state index contributed by atoms with van der Waals surface area (Å²) in [4.78, 5) is 23.6. The highest BCUT2D eigenvalue weighted by atomic mass is 16.3. The van der Waals surface area contributed by atoms with E-state index in [2.05, 4.69) is 4.99 Å². The van der Waals surface area contributed by atoms with Gasteiger partial charge < -0.3 is 5.11 Å². The lowest BCUT2D eigenvalue weighted by Gasteiger charge is -2.00. The third-order valence-corrected chi connectivity index (χ3v) is 1.57. The van der Waals surface area contributed by atoms with Crippen LogP contribution in [0.25, 0.3) is 0 Å². The van der Waals surface area contributed by atoms with Gasteiger partial charge in [0.15, 0.2) is 6.29 Å². The molecule has 0 aliphatic rings. The van der Waals surface area contributed by atoms with Crippen LogP contribution in [-0.4, -0.2) is 17.5 Å². The quantitative estimate of drug-likeness (QED) is 0.426. The van der Waals surface area contributed by atoms with Crippen LogP contribution < -0.4 is 0 Å². The SMILES string of the molecule is O=C=NCc1ccc(O)cc1C=O. The van der Waals surface area contributed by atoms with Gasteiger partial charge in [0.25, 0.3) is 0 Å². The van der Waals surface area contributed by atoms with E-state index in [0.29, 0.717) is 17.4 Å². The van der Waals surface area contributed by atoms with Gasteiger partial charge in [-0.2, -0.15) is 0 Å². The zero-order valence-electron chi connectivity index (χ0n) is 6.73. The molecule has 0 unspecified atom stereocenters. The topological polar surface area (TPSA) is 66.7 Å². The minimum absolute atomic E-state index is 0.0148. The van der Waals surface area contributed by atoms with Crippen LogP contribution >= 0.6 is 0 Å². The molecule has 0 bridgehead atoms. The first-order chi connectivity index (χ1) is 6.27. The lowest BCUT2D eigenvalue weighted by atomic mass is 10.1. The number of benzene rings is 1. The van der Waals surface area contributed by atoms with Crippen molar-refractivity contribution in [1.82, 2.24) is 0 Å². The summed E-state index contributed by atoms with van der Waals surface area (Å²) < 4.78 is 0. The summed E-state index contributed by atoms with van der Waals surface area (Å²) in [6.45, 7) is 0.109. The van der Waals surface area contributed by atoms with Crippen molar-refractivity contribution < 1.29 is 14.7 Å². The minimum Gasteiger partial charge on any atom is -0.508 e. The first-order valence-electron chi connectivity index (χ1n) is 3.58. The number of hydrogen-bond donors (Lipinski definition) is 1. The molecule has 13 heavy (non-hydrogen) atoms. The third-order valence-electron chi connectivity index (χ3n) is 1.57. The van der Waals surface area contributed by atoms with Crippen molar-refractivity contribution in [3.63, 3.8) is 0 Å². The molecule has 1 rings (SSSR count). The Morgan fingerprint density at radius 2 is 2.31 bits per heavy atom. The summed E-state index contributed by atoms with van der Waals surface area (Å²) in [5, 5.41) is 9.03. The summed E-state index contributed by atoms with van der Waals surface area (Å²) in [5.74, 6) is 0.0148. The molecule has 4 heteroatoms. The van der Waals surface area contributed by atoms with Crippen LogP contribution in [0.3, 0.4) is 0 Å². The van der Waals surface area contributed by atoms with Crippen molar-refractivity contribution in [1.29, 1.82) is 0 Å².